The van der Waals surface area contributed by atoms with Gasteiger partial charge >= 0.3 is 6.18 Å². The standard InChI is InChI=1S/C14H17ClF3N3O2/c1-20(2)13(23)8-21(3)7-12(22)19-11-6-9(14(16,17)18)4-5-10(11)15/h4-6H,7-8H2,1-3H3,(H,19,22). The summed E-state index contributed by atoms with van der Waals surface area (Å²) in [5, 5.41) is 2.32. The van der Waals surface area contributed by atoms with E-state index in [1.165, 1.54) is 9.80 Å². The van der Waals surface area contributed by atoms with Crippen molar-refractivity contribution in [2.75, 3.05) is 39.5 Å². The van der Waals surface area contributed by atoms with Crippen LogP contribution in [0.2, 0.25) is 5.02 Å². The van der Waals surface area contributed by atoms with Crippen LogP contribution in [-0.4, -0.2) is 55.8 Å². The fraction of sp³-hybridized carbons (Fsp3) is 0.429. The maximum Gasteiger partial charge on any atom is 0.416 e. The average Bonchev–Trinajstić information content (AvgIpc) is 2.39. The first-order valence-electron chi connectivity index (χ1n) is 6.56. The van der Waals surface area contributed by atoms with E-state index >= 15 is 0 Å². The van der Waals surface area contributed by atoms with Crippen LogP contribution in [-0.2, 0) is 15.8 Å². The minimum atomic E-state index is -4.53. The Labute approximate surface area is 137 Å². The van der Waals surface area contributed by atoms with Gasteiger partial charge in [-0.3, -0.25) is 14.5 Å². The molecule has 1 rings (SSSR count). The number of carbonyl (C=O) groups is 2. The van der Waals surface area contributed by atoms with Crippen LogP contribution in [0.5, 0.6) is 0 Å². The summed E-state index contributed by atoms with van der Waals surface area (Å²) < 4.78 is 38.0. The molecular weight excluding hydrogens is 335 g/mol. The average molecular weight is 352 g/mol. The van der Waals surface area contributed by atoms with Crippen molar-refractivity contribution in [2.45, 2.75) is 6.18 Å². The van der Waals surface area contributed by atoms with Crippen molar-refractivity contribution in [3.05, 3.63) is 28.8 Å². The van der Waals surface area contributed by atoms with Crippen LogP contribution in [0.15, 0.2) is 18.2 Å². The number of halogens is 4. The highest BCUT2D eigenvalue weighted by atomic mass is 35.5. The summed E-state index contributed by atoms with van der Waals surface area (Å²) >= 11 is 5.80. The lowest BCUT2D eigenvalue weighted by Gasteiger charge is -2.19. The highest BCUT2D eigenvalue weighted by molar-refractivity contribution is 6.33. The molecule has 0 heterocycles. The van der Waals surface area contributed by atoms with Gasteiger partial charge in [-0.05, 0) is 25.2 Å². The quantitative estimate of drug-likeness (QED) is 0.885. The molecule has 0 aliphatic carbocycles. The van der Waals surface area contributed by atoms with Crippen molar-refractivity contribution in [1.82, 2.24) is 9.80 Å². The van der Waals surface area contributed by atoms with E-state index in [-0.39, 0.29) is 29.7 Å². The highest BCUT2D eigenvalue weighted by Gasteiger charge is 2.31. The number of rotatable bonds is 5. The van der Waals surface area contributed by atoms with Gasteiger partial charge in [0.15, 0.2) is 0 Å². The second kappa shape index (κ2) is 7.65. The topological polar surface area (TPSA) is 52.7 Å². The Morgan fingerprint density at radius 3 is 2.30 bits per heavy atom. The van der Waals surface area contributed by atoms with Crippen molar-refractivity contribution < 1.29 is 22.8 Å². The molecule has 0 aliphatic heterocycles. The van der Waals surface area contributed by atoms with Crippen molar-refractivity contribution in [3.8, 4) is 0 Å². The van der Waals surface area contributed by atoms with Gasteiger partial charge in [-0.2, -0.15) is 13.2 Å². The van der Waals surface area contributed by atoms with E-state index in [0.717, 1.165) is 18.2 Å². The molecule has 0 unspecified atom stereocenters. The van der Waals surface area contributed by atoms with Crippen LogP contribution >= 0.6 is 11.6 Å². The molecule has 23 heavy (non-hydrogen) atoms. The Morgan fingerprint density at radius 2 is 1.78 bits per heavy atom. The zero-order valence-corrected chi connectivity index (χ0v) is 13.6. The normalized spacial score (nSPS) is 11.5. The third-order valence-electron chi connectivity index (χ3n) is 2.89. The largest absolute Gasteiger partial charge is 0.416 e. The van der Waals surface area contributed by atoms with Gasteiger partial charge in [-0.25, -0.2) is 0 Å². The van der Waals surface area contributed by atoms with Crippen LogP contribution in [0.3, 0.4) is 0 Å². The second-order valence-electron chi connectivity index (χ2n) is 5.20. The Morgan fingerprint density at radius 1 is 1.17 bits per heavy atom. The Hall–Kier alpha value is -1.80. The third-order valence-corrected chi connectivity index (χ3v) is 3.21. The van der Waals surface area contributed by atoms with Crippen molar-refractivity contribution in [3.63, 3.8) is 0 Å². The summed E-state index contributed by atoms with van der Waals surface area (Å²) in [7, 11) is 4.71. The van der Waals surface area contributed by atoms with Gasteiger partial charge in [-0.15, -0.1) is 0 Å². The van der Waals surface area contributed by atoms with Crippen molar-refractivity contribution in [1.29, 1.82) is 0 Å². The monoisotopic (exact) mass is 351 g/mol. The zero-order valence-electron chi connectivity index (χ0n) is 12.9. The van der Waals surface area contributed by atoms with Gasteiger partial charge in [0.2, 0.25) is 11.8 Å². The van der Waals surface area contributed by atoms with E-state index in [2.05, 4.69) is 5.32 Å². The number of nitrogens with zero attached hydrogens (tertiary/aromatic N) is 2. The van der Waals surface area contributed by atoms with Crippen LogP contribution in [0.4, 0.5) is 18.9 Å². The van der Waals surface area contributed by atoms with Gasteiger partial charge in [0, 0.05) is 14.1 Å². The number of nitrogens with one attached hydrogen (secondary N) is 1. The molecule has 0 fully saturated rings. The third kappa shape index (κ3) is 6.07. The SMILES string of the molecule is CN(CC(=O)Nc1cc(C(F)(F)F)ccc1Cl)CC(=O)N(C)C. The summed E-state index contributed by atoms with van der Waals surface area (Å²) in [6.45, 7) is -0.150. The summed E-state index contributed by atoms with van der Waals surface area (Å²) in [6, 6.07) is 2.67. The van der Waals surface area contributed by atoms with Crippen LogP contribution in [0.1, 0.15) is 5.56 Å². The van der Waals surface area contributed by atoms with Gasteiger partial charge in [0.1, 0.15) is 0 Å². The van der Waals surface area contributed by atoms with Crippen LogP contribution < -0.4 is 5.32 Å². The summed E-state index contributed by atoms with van der Waals surface area (Å²) in [5.41, 5.74) is -1.04. The number of likely N-dealkylation sites (N-methyl/N-ethyl adjacent to an activating group) is 2. The Kier molecular flexibility index (Phi) is 6.40. The molecule has 0 saturated carbocycles. The van der Waals surface area contributed by atoms with Gasteiger partial charge in [-0.1, -0.05) is 11.6 Å². The van der Waals surface area contributed by atoms with Gasteiger partial charge < -0.3 is 10.2 Å². The lowest BCUT2D eigenvalue weighted by atomic mass is 10.2. The lowest BCUT2D eigenvalue weighted by Crippen LogP contribution is -2.38. The fourth-order valence-corrected chi connectivity index (χ4v) is 1.83. The summed E-state index contributed by atoms with van der Waals surface area (Å²) in [5.74, 6) is -0.766. The lowest BCUT2D eigenvalue weighted by molar-refractivity contribution is -0.137. The second-order valence-corrected chi connectivity index (χ2v) is 5.61. The molecule has 5 nitrogen and oxygen atoms in total. The molecule has 0 bridgehead atoms. The van der Waals surface area contributed by atoms with Crippen LogP contribution in [0.25, 0.3) is 0 Å². The molecule has 0 aliphatic rings. The number of hydrogen-bond donors (Lipinski definition) is 1. The molecule has 1 N–H and O–H groups in total. The molecule has 2 amide bonds. The molecule has 1 aromatic rings. The van der Waals surface area contributed by atoms with Gasteiger partial charge in [0.25, 0.3) is 0 Å². The molecule has 1 aromatic carbocycles. The number of carbonyl (C=O) groups excluding carboxylic acids is 2. The molecule has 0 spiro atoms. The fourth-order valence-electron chi connectivity index (χ4n) is 1.66. The van der Waals surface area contributed by atoms with E-state index in [4.69, 9.17) is 11.6 Å². The minimum Gasteiger partial charge on any atom is -0.348 e. The van der Waals surface area contributed by atoms with Crippen LogP contribution in [0, 0.1) is 0 Å². The number of anilines is 1. The predicted octanol–water partition coefficient (Wildman–Crippen LogP) is 2.32. The van der Waals surface area contributed by atoms with E-state index in [1.807, 2.05) is 0 Å². The first-order chi connectivity index (χ1) is 10.5. The van der Waals surface area contributed by atoms with E-state index < -0.39 is 17.6 Å². The first kappa shape index (κ1) is 19.2. The molecule has 0 aromatic heterocycles. The highest BCUT2D eigenvalue weighted by Crippen LogP contribution is 2.33. The van der Waals surface area contributed by atoms with E-state index in [0.29, 0.717) is 0 Å². The number of hydrogen-bond acceptors (Lipinski definition) is 3. The molecule has 0 atom stereocenters. The first-order valence-corrected chi connectivity index (χ1v) is 6.93. The molecule has 128 valence electrons. The maximum atomic E-state index is 12.7. The summed E-state index contributed by atoms with van der Waals surface area (Å²) in [6.07, 6.45) is -4.53. The Bertz CT molecular complexity index is 591. The Balaban J connectivity index is 2.72. The molecule has 0 radical (unpaired) electrons. The minimum absolute atomic E-state index is 0.00151. The molecule has 0 saturated heterocycles. The van der Waals surface area contributed by atoms with E-state index in [1.54, 1.807) is 21.1 Å². The predicted molar refractivity (Wildman–Crippen MR) is 81.3 cm³/mol. The van der Waals surface area contributed by atoms with Crippen molar-refractivity contribution >= 4 is 29.1 Å². The smallest absolute Gasteiger partial charge is 0.348 e. The summed E-state index contributed by atoms with van der Waals surface area (Å²) in [4.78, 5) is 26.2. The van der Waals surface area contributed by atoms with Gasteiger partial charge in [0.05, 0.1) is 29.4 Å². The maximum absolute atomic E-state index is 12.7. The van der Waals surface area contributed by atoms with E-state index in [9.17, 15) is 22.8 Å². The number of benzene rings is 1. The van der Waals surface area contributed by atoms with Crippen molar-refractivity contribution in [2.24, 2.45) is 0 Å². The molecule has 9 heteroatoms. The number of amides is 2. The zero-order chi connectivity index (χ0) is 17.8. The number of alkyl halides is 3. The molecular formula is C14H17ClF3N3O2.